The lowest BCUT2D eigenvalue weighted by Gasteiger charge is -2.20. The average Bonchev–Trinajstić information content (AvgIpc) is 3.00. The summed E-state index contributed by atoms with van der Waals surface area (Å²) in [7, 11) is 1.84. The topological polar surface area (TPSA) is 39.7 Å². The zero-order valence-electron chi connectivity index (χ0n) is 13.0. The van der Waals surface area contributed by atoms with E-state index in [0.29, 0.717) is 6.04 Å². The molecule has 2 N–H and O–H groups in total. The Kier molecular flexibility index (Phi) is 6.73. The van der Waals surface area contributed by atoms with Gasteiger partial charge in [0.2, 0.25) is 0 Å². The van der Waals surface area contributed by atoms with E-state index in [2.05, 4.69) is 57.1 Å². The number of anilines is 1. The fourth-order valence-corrected chi connectivity index (χ4v) is 3.00. The van der Waals surface area contributed by atoms with Crippen LogP contribution in [0.5, 0.6) is 0 Å². The number of nitrogens with one attached hydrogen (secondary N) is 2. The first-order chi connectivity index (χ1) is 10.3. The molecular formula is C16H26N4S. The van der Waals surface area contributed by atoms with E-state index in [-0.39, 0.29) is 0 Å². The molecule has 1 aromatic rings. The summed E-state index contributed by atoms with van der Waals surface area (Å²) in [4.78, 5) is 6.75. The first-order valence-corrected chi connectivity index (χ1v) is 8.99. The quantitative estimate of drug-likeness (QED) is 0.480. The molecule has 1 fully saturated rings. The summed E-state index contributed by atoms with van der Waals surface area (Å²) in [6.07, 6.45) is 4.47. The maximum Gasteiger partial charge on any atom is 0.191 e. The summed E-state index contributed by atoms with van der Waals surface area (Å²) in [5.41, 5.74) is 1.31. The van der Waals surface area contributed by atoms with E-state index in [9.17, 15) is 0 Å². The second-order valence-corrected chi connectivity index (χ2v) is 6.24. The van der Waals surface area contributed by atoms with Crippen LogP contribution in [-0.4, -0.2) is 50.7 Å². The molecule has 0 bridgehead atoms. The maximum absolute atomic E-state index is 4.32. The Balaban J connectivity index is 1.76. The molecule has 1 saturated heterocycles. The van der Waals surface area contributed by atoms with Crippen molar-refractivity contribution >= 4 is 23.4 Å². The van der Waals surface area contributed by atoms with Crippen molar-refractivity contribution in [3.8, 4) is 0 Å². The molecule has 0 aliphatic carbocycles. The van der Waals surface area contributed by atoms with Crippen LogP contribution >= 0.6 is 11.8 Å². The van der Waals surface area contributed by atoms with E-state index < -0.39 is 0 Å². The monoisotopic (exact) mass is 306 g/mol. The van der Waals surface area contributed by atoms with Gasteiger partial charge in [0.1, 0.15) is 0 Å². The van der Waals surface area contributed by atoms with Gasteiger partial charge in [0.05, 0.1) is 0 Å². The van der Waals surface area contributed by atoms with Crippen LogP contribution in [0, 0.1) is 0 Å². The third-order valence-electron chi connectivity index (χ3n) is 3.69. The van der Waals surface area contributed by atoms with E-state index in [1.54, 1.807) is 0 Å². The molecule has 1 unspecified atom stereocenters. The number of benzene rings is 1. The number of hydrogen-bond acceptors (Lipinski definition) is 3. The number of nitrogens with zero attached hydrogens (tertiary/aromatic N) is 2. The molecule has 2 rings (SSSR count). The van der Waals surface area contributed by atoms with Gasteiger partial charge in [0.25, 0.3) is 0 Å². The predicted octanol–water partition coefficient (Wildman–Crippen LogP) is 2.18. The lowest BCUT2D eigenvalue weighted by atomic mass is 10.3. The Morgan fingerprint density at radius 1 is 1.38 bits per heavy atom. The van der Waals surface area contributed by atoms with Gasteiger partial charge in [-0.2, -0.15) is 11.8 Å². The predicted molar refractivity (Wildman–Crippen MR) is 94.6 cm³/mol. The zero-order chi connectivity index (χ0) is 14.9. The standard InChI is InChI=1S/C16H26N4S/c1-17-16(18-10-6-12-21-2)19-14-9-11-20(13-14)15-7-4-3-5-8-15/h3-5,7-8,14H,6,9-13H2,1-2H3,(H2,17,18,19). The highest BCUT2D eigenvalue weighted by Gasteiger charge is 2.23. The fourth-order valence-electron chi connectivity index (χ4n) is 2.56. The molecule has 0 amide bonds. The number of para-hydroxylation sites is 1. The van der Waals surface area contributed by atoms with Crippen LogP contribution in [0.3, 0.4) is 0 Å². The van der Waals surface area contributed by atoms with Gasteiger partial charge in [-0.1, -0.05) is 18.2 Å². The summed E-state index contributed by atoms with van der Waals surface area (Å²) in [5.74, 6) is 2.12. The van der Waals surface area contributed by atoms with Crippen molar-refractivity contribution in [1.82, 2.24) is 10.6 Å². The van der Waals surface area contributed by atoms with E-state index in [0.717, 1.165) is 32.0 Å². The maximum atomic E-state index is 4.32. The average molecular weight is 306 g/mol. The molecule has 0 saturated carbocycles. The highest BCUT2D eigenvalue weighted by atomic mass is 32.2. The SMILES string of the molecule is CN=C(NCCCSC)NC1CCN(c2ccccc2)C1. The van der Waals surface area contributed by atoms with Gasteiger partial charge in [-0.15, -0.1) is 0 Å². The number of thioether (sulfide) groups is 1. The van der Waals surface area contributed by atoms with Gasteiger partial charge < -0.3 is 15.5 Å². The van der Waals surface area contributed by atoms with Gasteiger partial charge in [0, 0.05) is 38.4 Å². The molecule has 0 radical (unpaired) electrons. The second kappa shape index (κ2) is 8.82. The highest BCUT2D eigenvalue weighted by Crippen LogP contribution is 2.19. The molecular weight excluding hydrogens is 280 g/mol. The number of rotatable bonds is 6. The van der Waals surface area contributed by atoms with Crippen molar-refractivity contribution in [3.05, 3.63) is 30.3 Å². The van der Waals surface area contributed by atoms with Crippen LogP contribution in [-0.2, 0) is 0 Å². The molecule has 5 heteroatoms. The van der Waals surface area contributed by atoms with Crippen LogP contribution in [0.2, 0.25) is 0 Å². The van der Waals surface area contributed by atoms with Crippen LogP contribution in [0.25, 0.3) is 0 Å². The minimum atomic E-state index is 0.469. The van der Waals surface area contributed by atoms with Crippen LogP contribution < -0.4 is 15.5 Å². The third kappa shape index (κ3) is 5.16. The summed E-state index contributed by atoms with van der Waals surface area (Å²) in [5, 5.41) is 6.93. The summed E-state index contributed by atoms with van der Waals surface area (Å²) in [6.45, 7) is 3.12. The van der Waals surface area contributed by atoms with E-state index in [4.69, 9.17) is 0 Å². The van der Waals surface area contributed by atoms with Crippen LogP contribution in [0.4, 0.5) is 5.69 Å². The van der Waals surface area contributed by atoms with Crippen molar-refractivity contribution in [3.63, 3.8) is 0 Å². The zero-order valence-corrected chi connectivity index (χ0v) is 13.8. The molecule has 116 valence electrons. The van der Waals surface area contributed by atoms with E-state index in [1.165, 1.54) is 17.9 Å². The molecule has 1 aliphatic rings. The molecule has 4 nitrogen and oxygen atoms in total. The first-order valence-electron chi connectivity index (χ1n) is 7.59. The Bertz CT molecular complexity index is 435. The lowest BCUT2D eigenvalue weighted by Crippen LogP contribution is -2.44. The van der Waals surface area contributed by atoms with Crippen molar-refractivity contribution < 1.29 is 0 Å². The van der Waals surface area contributed by atoms with Crippen molar-refractivity contribution in [2.24, 2.45) is 4.99 Å². The first kappa shape index (κ1) is 16.0. The lowest BCUT2D eigenvalue weighted by molar-refractivity contribution is 0.647. The number of aliphatic imine (C=N–C) groups is 1. The van der Waals surface area contributed by atoms with E-state index in [1.807, 2.05) is 18.8 Å². The van der Waals surface area contributed by atoms with Gasteiger partial charge in [-0.25, -0.2) is 0 Å². The second-order valence-electron chi connectivity index (χ2n) is 5.26. The molecule has 1 aromatic carbocycles. The smallest absolute Gasteiger partial charge is 0.191 e. The minimum absolute atomic E-state index is 0.469. The Morgan fingerprint density at radius 3 is 2.90 bits per heavy atom. The molecule has 1 heterocycles. The van der Waals surface area contributed by atoms with E-state index >= 15 is 0 Å². The normalized spacial score (nSPS) is 18.9. The summed E-state index contributed by atoms with van der Waals surface area (Å²) >= 11 is 1.88. The minimum Gasteiger partial charge on any atom is -0.369 e. The number of hydrogen-bond donors (Lipinski definition) is 2. The van der Waals surface area contributed by atoms with Gasteiger partial charge in [-0.05, 0) is 37.0 Å². The number of guanidine groups is 1. The Morgan fingerprint density at radius 2 is 2.19 bits per heavy atom. The third-order valence-corrected chi connectivity index (χ3v) is 4.39. The summed E-state index contributed by atoms with van der Waals surface area (Å²) < 4.78 is 0. The molecule has 1 aliphatic heterocycles. The van der Waals surface area contributed by atoms with Crippen molar-refractivity contribution in [2.45, 2.75) is 18.9 Å². The summed E-state index contributed by atoms with van der Waals surface area (Å²) in [6, 6.07) is 11.1. The molecule has 21 heavy (non-hydrogen) atoms. The van der Waals surface area contributed by atoms with Gasteiger partial charge >= 0.3 is 0 Å². The van der Waals surface area contributed by atoms with Crippen molar-refractivity contribution in [2.75, 3.05) is 43.6 Å². The highest BCUT2D eigenvalue weighted by molar-refractivity contribution is 7.98. The van der Waals surface area contributed by atoms with Gasteiger partial charge in [-0.3, -0.25) is 4.99 Å². The van der Waals surface area contributed by atoms with Gasteiger partial charge in [0.15, 0.2) is 5.96 Å². The Hall–Kier alpha value is -1.36. The largest absolute Gasteiger partial charge is 0.369 e. The van der Waals surface area contributed by atoms with Crippen LogP contribution in [0.15, 0.2) is 35.3 Å². The molecule has 1 atom stereocenters. The van der Waals surface area contributed by atoms with Crippen molar-refractivity contribution in [1.29, 1.82) is 0 Å². The fraction of sp³-hybridized carbons (Fsp3) is 0.562. The van der Waals surface area contributed by atoms with Crippen LogP contribution in [0.1, 0.15) is 12.8 Å². The molecule has 0 spiro atoms. The molecule has 0 aromatic heterocycles. The Labute approximate surface area is 132 Å².